The van der Waals surface area contributed by atoms with Crippen molar-refractivity contribution in [2.75, 3.05) is 12.4 Å². The van der Waals surface area contributed by atoms with Crippen LogP contribution in [0.2, 0.25) is 0 Å². The van der Waals surface area contributed by atoms with E-state index >= 15 is 0 Å². The molecule has 0 aromatic heterocycles. The average Bonchev–Trinajstić information content (AvgIpc) is 2.91. The maximum atomic E-state index is 5.71. The second-order valence-corrected chi connectivity index (χ2v) is 6.64. The van der Waals surface area contributed by atoms with E-state index < -0.39 is 0 Å². The Hall–Kier alpha value is -0.930. The molecule has 1 fully saturated rings. The van der Waals surface area contributed by atoms with Crippen LogP contribution in [0.1, 0.15) is 31.7 Å². The molecule has 1 aromatic carbocycles. The van der Waals surface area contributed by atoms with Crippen LogP contribution in [0.4, 0.5) is 0 Å². The molecular formula is C17H25NOS. The molecule has 2 atom stereocenters. The van der Waals surface area contributed by atoms with Gasteiger partial charge in [0, 0.05) is 23.4 Å². The highest BCUT2D eigenvalue weighted by Crippen LogP contribution is 2.30. The highest BCUT2D eigenvalue weighted by atomic mass is 32.2. The van der Waals surface area contributed by atoms with E-state index in [0.717, 1.165) is 17.5 Å². The molecule has 0 heterocycles. The molecule has 0 aliphatic heterocycles. The fourth-order valence-electron chi connectivity index (χ4n) is 2.75. The lowest BCUT2D eigenvalue weighted by Gasteiger charge is -2.21. The molecule has 2 nitrogen and oxygen atoms in total. The fourth-order valence-corrected chi connectivity index (χ4v) is 3.98. The van der Waals surface area contributed by atoms with E-state index in [9.17, 15) is 0 Å². The zero-order chi connectivity index (χ0) is 14.2. The zero-order valence-electron chi connectivity index (χ0n) is 12.3. The number of hydrogen-bond donors (Lipinski definition) is 1. The van der Waals surface area contributed by atoms with Crippen LogP contribution < -0.4 is 10.1 Å². The van der Waals surface area contributed by atoms with E-state index in [1.165, 1.54) is 30.6 Å². The van der Waals surface area contributed by atoms with Crippen molar-refractivity contribution in [2.24, 2.45) is 0 Å². The quantitative estimate of drug-likeness (QED) is 0.731. The SMILES string of the molecule is C=CCOc1ccccc1CNC1CCCC1SCC. The molecule has 1 saturated carbocycles. The van der Waals surface area contributed by atoms with Crippen LogP contribution >= 0.6 is 11.8 Å². The largest absolute Gasteiger partial charge is 0.489 e. The van der Waals surface area contributed by atoms with E-state index in [1.807, 2.05) is 12.1 Å². The van der Waals surface area contributed by atoms with Gasteiger partial charge in [-0.05, 0) is 24.7 Å². The van der Waals surface area contributed by atoms with Crippen molar-refractivity contribution in [3.8, 4) is 5.75 Å². The number of para-hydroxylation sites is 1. The summed E-state index contributed by atoms with van der Waals surface area (Å²) in [6.45, 7) is 7.40. The van der Waals surface area contributed by atoms with Gasteiger partial charge in [-0.15, -0.1) is 0 Å². The molecule has 0 amide bonds. The predicted octanol–water partition coefficient (Wildman–Crippen LogP) is 4.02. The minimum Gasteiger partial charge on any atom is -0.489 e. The molecule has 3 heteroatoms. The van der Waals surface area contributed by atoms with Gasteiger partial charge in [0.25, 0.3) is 0 Å². The highest BCUT2D eigenvalue weighted by molar-refractivity contribution is 7.99. The Morgan fingerprint density at radius 2 is 2.25 bits per heavy atom. The number of hydrogen-bond acceptors (Lipinski definition) is 3. The van der Waals surface area contributed by atoms with Gasteiger partial charge in [0.2, 0.25) is 0 Å². The van der Waals surface area contributed by atoms with Crippen molar-refractivity contribution in [1.82, 2.24) is 5.32 Å². The summed E-state index contributed by atoms with van der Waals surface area (Å²) in [5, 5.41) is 4.50. The summed E-state index contributed by atoms with van der Waals surface area (Å²) in [7, 11) is 0. The van der Waals surface area contributed by atoms with Crippen molar-refractivity contribution in [2.45, 2.75) is 44.0 Å². The van der Waals surface area contributed by atoms with E-state index in [0.29, 0.717) is 12.6 Å². The molecule has 0 saturated heterocycles. The van der Waals surface area contributed by atoms with Gasteiger partial charge >= 0.3 is 0 Å². The number of thioether (sulfide) groups is 1. The van der Waals surface area contributed by atoms with Gasteiger partial charge < -0.3 is 10.1 Å². The number of rotatable bonds is 8. The summed E-state index contributed by atoms with van der Waals surface area (Å²) < 4.78 is 5.71. The van der Waals surface area contributed by atoms with E-state index in [4.69, 9.17) is 4.74 Å². The van der Waals surface area contributed by atoms with Gasteiger partial charge in [0.05, 0.1) is 0 Å². The minimum absolute atomic E-state index is 0.564. The standard InChI is InChI=1S/C17H25NOS/c1-3-12-19-16-10-6-5-8-14(16)13-18-15-9-7-11-17(15)20-4-2/h3,5-6,8,10,15,17-18H,1,4,7,9,11-13H2,2H3. The Morgan fingerprint density at radius 3 is 3.05 bits per heavy atom. The minimum atomic E-state index is 0.564. The summed E-state index contributed by atoms with van der Waals surface area (Å²) in [5.41, 5.74) is 1.24. The molecule has 0 bridgehead atoms. The lowest BCUT2D eigenvalue weighted by molar-refractivity contribution is 0.356. The lowest BCUT2D eigenvalue weighted by Crippen LogP contribution is -2.33. The first-order valence-electron chi connectivity index (χ1n) is 7.51. The van der Waals surface area contributed by atoms with Crippen molar-refractivity contribution in [3.63, 3.8) is 0 Å². The number of ether oxygens (including phenoxy) is 1. The predicted molar refractivity (Wildman–Crippen MR) is 88.5 cm³/mol. The first-order chi connectivity index (χ1) is 9.85. The normalized spacial score (nSPS) is 21.9. The molecular weight excluding hydrogens is 266 g/mol. The third kappa shape index (κ3) is 4.29. The maximum Gasteiger partial charge on any atom is 0.124 e. The molecule has 1 N–H and O–H groups in total. The van der Waals surface area contributed by atoms with Gasteiger partial charge in [-0.3, -0.25) is 0 Å². The van der Waals surface area contributed by atoms with Crippen LogP contribution in [-0.2, 0) is 6.54 Å². The Labute approximate surface area is 127 Å². The summed E-state index contributed by atoms with van der Waals surface area (Å²) in [4.78, 5) is 0. The topological polar surface area (TPSA) is 21.3 Å². The van der Waals surface area contributed by atoms with Gasteiger partial charge in [-0.1, -0.05) is 44.2 Å². The smallest absolute Gasteiger partial charge is 0.124 e. The Kier molecular flexibility index (Phi) is 6.48. The van der Waals surface area contributed by atoms with Crippen LogP contribution in [-0.4, -0.2) is 23.7 Å². The van der Waals surface area contributed by atoms with Gasteiger partial charge in [0.15, 0.2) is 0 Å². The molecule has 20 heavy (non-hydrogen) atoms. The van der Waals surface area contributed by atoms with Crippen LogP contribution in [0.3, 0.4) is 0 Å². The van der Waals surface area contributed by atoms with E-state index in [2.05, 4.69) is 42.7 Å². The second kappa shape index (κ2) is 8.38. The molecule has 0 radical (unpaired) electrons. The van der Waals surface area contributed by atoms with Crippen molar-refractivity contribution in [3.05, 3.63) is 42.5 Å². The summed E-state index contributed by atoms with van der Waals surface area (Å²) in [6.07, 6.45) is 5.79. The maximum absolute atomic E-state index is 5.71. The fraction of sp³-hybridized carbons (Fsp3) is 0.529. The van der Waals surface area contributed by atoms with Crippen LogP contribution in [0.25, 0.3) is 0 Å². The first kappa shape index (κ1) is 15.5. The third-order valence-electron chi connectivity index (χ3n) is 3.72. The van der Waals surface area contributed by atoms with Crippen LogP contribution in [0.5, 0.6) is 5.75 Å². The average molecular weight is 291 g/mol. The first-order valence-corrected chi connectivity index (χ1v) is 8.56. The van der Waals surface area contributed by atoms with E-state index in [1.54, 1.807) is 6.08 Å². The molecule has 1 aliphatic rings. The zero-order valence-corrected chi connectivity index (χ0v) is 13.1. The Bertz CT molecular complexity index is 421. The second-order valence-electron chi connectivity index (χ2n) is 5.12. The summed E-state index contributed by atoms with van der Waals surface area (Å²) >= 11 is 2.09. The number of nitrogens with one attached hydrogen (secondary N) is 1. The highest BCUT2D eigenvalue weighted by Gasteiger charge is 2.26. The summed E-state index contributed by atoms with van der Waals surface area (Å²) in [6, 6.07) is 8.92. The van der Waals surface area contributed by atoms with Crippen molar-refractivity contribution >= 4 is 11.8 Å². The molecule has 2 rings (SSSR count). The van der Waals surface area contributed by atoms with Gasteiger partial charge in [-0.2, -0.15) is 11.8 Å². The van der Waals surface area contributed by atoms with E-state index in [-0.39, 0.29) is 0 Å². The summed E-state index contributed by atoms with van der Waals surface area (Å²) in [5.74, 6) is 2.18. The molecule has 1 aliphatic carbocycles. The van der Waals surface area contributed by atoms with Gasteiger partial charge in [0.1, 0.15) is 12.4 Å². The molecule has 0 spiro atoms. The molecule has 2 unspecified atom stereocenters. The monoisotopic (exact) mass is 291 g/mol. The van der Waals surface area contributed by atoms with Crippen molar-refractivity contribution < 1.29 is 4.74 Å². The molecule has 1 aromatic rings. The molecule has 110 valence electrons. The lowest BCUT2D eigenvalue weighted by atomic mass is 10.1. The van der Waals surface area contributed by atoms with Crippen LogP contribution in [0, 0.1) is 0 Å². The van der Waals surface area contributed by atoms with Crippen molar-refractivity contribution in [1.29, 1.82) is 0 Å². The third-order valence-corrected chi connectivity index (χ3v) is 5.04. The Balaban J connectivity index is 1.91. The Morgan fingerprint density at radius 1 is 1.40 bits per heavy atom. The number of benzene rings is 1. The van der Waals surface area contributed by atoms with Crippen LogP contribution in [0.15, 0.2) is 36.9 Å². The van der Waals surface area contributed by atoms with Gasteiger partial charge in [-0.25, -0.2) is 0 Å².